The minimum atomic E-state index is -0.312. The standard InChI is InChI=1S/C27H25N5O3/c33-27(29-24-13-15-26(16-14-24)34-20-23-10-5-2-6-11-23)21-35-28-17-7-12-25-19-32(31-30-25)18-22-8-3-1-4-9-22/h1-17,19H,18,20-21H2,(H,29,33). The van der Waals surface area contributed by atoms with Crippen molar-refractivity contribution in [3.05, 3.63) is 114 Å². The van der Waals surface area contributed by atoms with Gasteiger partial charge in [-0.25, -0.2) is 4.68 Å². The molecule has 0 radical (unpaired) electrons. The van der Waals surface area contributed by atoms with Crippen LogP contribution in [0, 0.1) is 0 Å². The van der Waals surface area contributed by atoms with Crippen molar-refractivity contribution in [1.82, 2.24) is 15.0 Å². The molecule has 0 aliphatic rings. The zero-order valence-corrected chi connectivity index (χ0v) is 19.0. The van der Waals surface area contributed by atoms with Crippen molar-refractivity contribution >= 4 is 23.9 Å². The summed E-state index contributed by atoms with van der Waals surface area (Å²) in [5.74, 6) is 0.410. The Morgan fingerprint density at radius 3 is 2.40 bits per heavy atom. The van der Waals surface area contributed by atoms with E-state index in [0.717, 1.165) is 16.9 Å². The average Bonchev–Trinajstić information content (AvgIpc) is 3.34. The summed E-state index contributed by atoms with van der Waals surface area (Å²) in [6, 6.07) is 27.1. The molecule has 0 bridgehead atoms. The lowest BCUT2D eigenvalue weighted by Gasteiger charge is -2.08. The number of rotatable bonds is 11. The number of carbonyl (C=O) groups is 1. The Morgan fingerprint density at radius 1 is 0.943 bits per heavy atom. The number of hydrogen-bond acceptors (Lipinski definition) is 6. The molecule has 0 spiro atoms. The number of carbonyl (C=O) groups excluding carboxylic acids is 1. The average molecular weight is 468 g/mol. The van der Waals surface area contributed by atoms with Crippen molar-refractivity contribution in [3.63, 3.8) is 0 Å². The molecule has 176 valence electrons. The molecule has 1 heterocycles. The van der Waals surface area contributed by atoms with Gasteiger partial charge in [-0.15, -0.1) is 5.10 Å². The molecule has 0 aliphatic heterocycles. The quantitative estimate of drug-likeness (QED) is 0.258. The lowest BCUT2D eigenvalue weighted by Crippen LogP contribution is -2.16. The van der Waals surface area contributed by atoms with Gasteiger partial charge in [-0.1, -0.05) is 71.0 Å². The highest BCUT2D eigenvalue weighted by Gasteiger charge is 2.03. The summed E-state index contributed by atoms with van der Waals surface area (Å²) in [7, 11) is 0. The summed E-state index contributed by atoms with van der Waals surface area (Å²) < 4.78 is 7.50. The van der Waals surface area contributed by atoms with E-state index >= 15 is 0 Å². The topological polar surface area (TPSA) is 90.6 Å². The highest BCUT2D eigenvalue weighted by molar-refractivity contribution is 5.91. The first-order valence-electron chi connectivity index (χ1n) is 11.1. The van der Waals surface area contributed by atoms with E-state index in [4.69, 9.17) is 9.57 Å². The number of ether oxygens (including phenoxy) is 1. The van der Waals surface area contributed by atoms with Crippen LogP contribution in [-0.4, -0.2) is 33.7 Å². The minimum Gasteiger partial charge on any atom is -0.489 e. The normalized spacial score (nSPS) is 11.1. The van der Waals surface area contributed by atoms with E-state index < -0.39 is 0 Å². The lowest BCUT2D eigenvalue weighted by molar-refractivity contribution is -0.120. The van der Waals surface area contributed by atoms with Crippen LogP contribution in [0.5, 0.6) is 5.75 Å². The number of anilines is 1. The van der Waals surface area contributed by atoms with Gasteiger partial charge in [0.05, 0.1) is 19.0 Å². The van der Waals surface area contributed by atoms with Gasteiger partial charge in [0, 0.05) is 5.69 Å². The molecule has 0 saturated heterocycles. The molecule has 1 amide bonds. The summed E-state index contributed by atoms with van der Waals surface area (Å²) in [5, 5.41) is 14.7. The number of nitrogens with one attached hydrogen (secondary N) is 1. The molecule has 0 saturated carbocycles. The van der Waals surface area contributed by atoms with Crippen molar-refractivity contribution in [2.45, 2.75) is 13.2 Å². The van der Waals surface area contributed by atoms with Gasteiger partial charge in [-0.05, 0) is 47.5 Å². The fraction of sp³-hybridized carbons (Fsp3) is 0.111. The number of allylic oxidation sites excluding steroid dienone is 1. The zero-order chi connectivity index (χ0) is 24.1. The van der Waals surface area contributed by atoms with Gasteiger partial charge in [0.15, 0.2) is 6.61 Å². The van der Waals surface area contributed by atoms with Crippen LogP contribution in [0.4, 0.5) is 5.69 Å². The van der Waals surface area contributed by atoms with Crippen LogP contribution >= 0.6 is 0 Å². The van der Waals surface area contributed by atoms with Crippen molar-refractivity contribution in [1.29, 1.82) is 0 Å². The van der Waals surface area contributed by atoms with E-state index in [2.05, 4.69) is 20.8 Å². The molecule has 8 heteroatoms. The second-order valence-electron chi connectivity index (χ2n) is 7.56. The summed E-state index contributed by atoms with van der Waals surface area (Å²) >= 11 is 0. The number of nitrogens with zero attached hydrogens (tertiary/aromatic N) is 4. The first-order chi connectivity index (χ1) is 17.2. The molecule has 3 aromatic carbocycles. The van der Waals surface area contributed by atoms with Crippen LogP contribution in [-0.2, 0) is 22.8 Å². The van der Waals surface area contributed by atoms with Gasteiger partial charge in [0.25, 0.3) is 5.91 Å². The first-order valence-corrected chi connectivity index (χ1v) is 11.1. The molecule has 0 atom stereocenters. The summed E-state index contributed by atoms with van der Waals surface area (Å²) in [6.45, 7) is 0.931. The molecule has 1 aromatic heterocycles. The van der Waals surface area contributed by atoms with Gasteiger partial charge < -0.3 is 14.9 Å². The van der Waals surface area contributed by atoms with Gasteiger partial charge in [0.1, 0.15) is 18.1 Å². The predicted molar refractivity (Wildman–Crippen MR) is 135 cm³/mol. The highest BCUT2D eigenvalue weighted by Crippen LogP contribution is 2.17. The van der Waals surface area contributed by atoms with E-state index in [1.807, 2.05) is 66.9 Å². The Morgan fingerprint density at radius 2 is 1.66 bits per heavy atom. The Bertz CT molecular complexity index is 1250. The second-order valence-corrected chi connectivity index (χ2v) is 7.56. The molecular weight excluding hydrogens is 442 g/mol. The first kappa shape index (κ1) is 23.4. The van der Waals surface area contributed by atoms with E-state index in [9.17, 15) is 4.79 Å². The molecular formula is C27H25N5O3. The minimum absolute atomic E-state index is 0.205. The second kappa shape index (κ2) is 12.5. The smallest absolute Gasteiger partial charge is 0.265 e. The third kappa shape index (κ3) is 7.97. The number of benzene rings is 3. The van der Waals surface area contributed by atoms with Crippen molar-refractivity contribution in [2.24, 2.45) is 5.16 Å². The fourth-order valence-corrected chi connectivity index (χ4v) is 3.13. The van der Waals surface area contributed by atoms with Crippen LogP contribution in [0.3, 0.4) is 0 Å². The third-order valence-electron chi connectivity index (χ3n) is 4.81. The van der Waals surface area contributed by atoms with E-state index in [1.165, 1.54) is 6.21 Å². The number of hydrogen-bond donors (Lipinski definition) is 1. The van der Waals surface area contributed by atoms with Gasteiger partial charge in [0.2, 0.25) is 0 Å². The maximum Gasteiger partial charge on any atom is 0.265 e. The number of amides is 1. The van der Waals surface area contributed by atoms with Crippen molar-refractivity contribution in [2.75, 3.05) is 11.9 Å². The molecule has 0 unspecified atom stereocenters. The van der Waals surface area contributed by atoms with Gasteiger partial charge in [-0.2, -0.15) is 0 Å². The fourth-order valence-electron chi connectivity index (χ4n) is 3.13. The zero-order valence-electron chi connectivity index (χ0n) is 19.0. The Labute approximate surface area is 203 Å². The SMILES string of the molecule is O=C(CON=CC=Cc1cn(Cc2ccccc2)nn1)Nc1ccc(OCc2ccccc2)cc1. The lowest BCUT2D eigenvalue weighted by atomic mass is 10.2. The van der Waals surface area contributed by atoms with Gasteiger partial charge >= 0.3 is 0 Å². The number of oxime groups is 1. The van der Waals surface area contributed by atoms with Crippen LogP contribution in [0.2, 0.25) is 0 Å². The summed E-state index contributed by atoms with van der Waals surface area (Å²) in [5.41, 5.74) is 3.58. The van der Waals surface area contributed by atoms with E-state index in [-0.39, 0.29) is 12.5 Å². The Balaban J connectivity index is 1.14. The van der Waals surface area contributed by atoms with Crippen LogP contribution in [0.15, 0.2) is 102 Å². The van der Waals surface area contributed by atoms with E-state index in [1.54, 1.807) is 41.1 Å². The van der Waals surface area contributed by atoms with Crippen molar-refractivity contribution < 1.29 is 14.4 Å². The van der Waals surface area contributed by atoms with Crippen LogP contribution in [0.25, 0.3) is 6.08 Å². The molecule has 0 fully saturated rings. The molecule has 0 aliphatic carbocycles. The largest absolute Gasteiger partial charge is 0.489 e. The van der Waals surface area contributed by atoms with Crippen LogP contribution in [0.1, 0.15) is 16.8 Å². The molecule has 35 heavy (non-hydrogen) atoms. The Kier molecular flexibility index (Phi) is 8.37. The summed E-state index contributed by atoms with van der Waals surface area (Å²) in [6.07, 6.45) is 6.71. The molecule has 1 N–H and O–H groups in total. The number of aromatic nitrogens is 3. The monoisotopic (exact) mass is 467 g/mol. The maximum absolute atomic E-state index is 12.0. The maximum atomic E-state index is 12.0. The van der Waals surface area contributed by atoms with Gasteiger partial charge in [-0.3, -0.25) is 4.79 Å². The molecule has 4 aromatic rings. The predicted octanol–water partition coefficient (Wildman–Crippen LogP) is 4.56. The molecule has 4 rings (SSSR count). The van der Waals surface area contributed by atoms with Crippen molar-refractivity contribution in [3.8, 4) is 5.75 Å². The summed E-state index contributed by atoms with van der Waals surface area (Å²) in [4.78, 5) is 17.1. The van der Waals surface area contributed by atoms with Crippen LogP contribution < -0.4 is 10.1 Å². The van der Waals surface area contributed by atoms with E-state index in [0.29, 0.717) is 24.5 Å². The Hall–Kier alpha value is -4.72. The highest BCUT2D eigenvalue weighted by atomic mass is 16.6. The molecule has 8 nitrogen and oxygen atoms in total. The third-order valence-corrected chi connectivity index (χ3v) is 4.81.